The summed E-state index contributed by atoms with van der Waals surface area (Å²) in [5.74, 6) is 5.39. The number of rotatable bonds is 2. The van der Waals surface area contributed by atoms with E-state index in [1.165, 1.54) is 6.07 Å². The van der Waals surface area contributed by atoms with Gasteiger partial charge in [-0.05, 0) is 31.0 Å². The molecule has 1 aromatic carbocycles. The molecule has 0 spiro atoms. The Morgan fingerprint density at radius 1 is 1.47 bits per heavy atom. The Labute approximate surface area is 98.0 Å². The van der Waals surface area contributed by atoms with Crippen LogP contribution < -0.4 is 0 Å². The summed E-state index contributed by atoms with van der Waals surface area (Å²) < 4.78 is 0. The lowest BCUT2D eigenvalue weighted by Crippen LogP contribution is -1.94. The van der Waals surface area contributed by atoms with Crippen molar-refractivity contribution in [2.45, 2.75) is 13.8 Å². The number of nitro groups is 1. The van der Waals surface area contributed by atoms with Crippen LogP contribution in [0.5, 0.6) is 0 Å². The number of nitro benzene ring substituents is 1. The van der Waals surface area contributed by atoms with Crippen molar-refractivity contribution >= 4 is 5.69 Å². The zero-order valence-corrected chi connectivity index (χ0v) is 9.47. The SMILES string of the molecule is Cc1cc(C)c([N+](=O)[O-])cc1C#CCN=[N+]=[N-]. The summed E-state index contributed by atoms with van der Waals surface area (Å²) in [5, 5.41) is 14.0. The van der Waals surface area contributed by atoms with Gasteiger partial charge in [-0.25, -0.2) is 0 Å². The molecule has 0 heterocycles. The molecule has 0 amide bonds. The molecule has 86 valence electrons. The fourth-order valence-corrected chi connectivity index (χ4v) is 1.37. The molecule has 0 aliphatic rings. The van der Waals surface area contributed by atoms with Crippen LogP contribution in [0.3, 0.4) is 0 Å². The molecular weight excluding hydrogens is 220 g/mol. The lowest BCUT2D eigenvalue weighted by molar-refractivity contribution is -0.385. The highest BCUT2D eigenvalue weighted by Crippen LogP contribution is 2.21. The topological polar surface area (TPSA) is 91.9 Å². The van der Waals surface area contributed by atoms with Gasteiger partial charge < -0.3 is 0 Å². The van der Waals surface area contributed by atoms with Gasteiger partial charge in [-0.3, -0.25) is 10.1 Å². The molecule has 0 atom stereocenters. The quantitative estimate of drug-likeness (QED) is 0.195. The third-order valence-corrected chi connectivity index (χ3v) is 2.18. The van der Waals surface area contributed by atoms with Gasteiger partial charge in [0.1, 0.15) is 0 Å². The zero-order valence-electron chi connectivity index (χ0n) is 9.47. The molecule has 0 radical (unpaired) electrons. The second-order valence-corrected chi connectivity index (χ2v) is 3.40. The van der Waals surface area contributed by atoms with Gasteiger partial charge in [0.25, 0.3) is 5.69 Å². The second-order valence-electron chi connectivity index (χ2n) is 3.40. The molecule has 0 N–H and O–H groups in total. The van der Waals surface area contributed by atoms with Crippen molar-refractivity contribution in [2.75, 3.05) is 6.54 Å². The van der Waals surface area contributed by atoms with Gasteiger partial charge in [0, 0.05) is 22.1 Å². The first-order chi connectivity index (χ1) is 8.06. The molecule has 0 aromatic heterocycles. The van der Waals surface area contributed by atoms with Gasteiger partial charge in [-0.2, -0.15) is 0 Å². The molecule has 0 unspecified atom stereocenters. The maximum Gasteiger partial charge on any atom is 0.273 e. The molecule has 1 aromatic rings. The summed E-state index contributed by atoms with van der Waals surface area (Å²) in [6.45, 7) is 3.56. The summed E-state index contributed by atoms with van der Waals surface area (Å²) in [4.78, 5) is 12.9. The minimum absolute atomic E-state index is 0.0451. The van der Waals surface area contributed by atoms with E-state index in [-0.39, 0.29) is 12.2 Å². The van der Waals surface area contributed by atoms with E-state index in [9.17, 15) is 10.1 Å². The maximum atomic E-state index is 10.8. The molecule has 6 heteroatoms. The highest BCUT2D eigenvalue weighted by atomic mass is 16.6. The Morgan fingerprint density at radius 3 is 2.76 bits per heavy atom. The van der Waals surface area contributed by atoms with Crippen LogP contribution in [0, 0.1) is 35.8 Å². The highest BCUT2D eigenvalue weighted by Gasteiger charge is 2.12. The number of benzene rings is 1. The van der Waals surface area contributed by atoms with Crippen LogP contribution in [0.25, 0.3) is 10.4 Å². The Morgan fingerprint density at radius 2 is 2.18 bits per heavy atom. The van der Waals surface area contributed by atoms with E-state index in [2.05, 4.69) is 21.9 Å². The first kappa shape index (κ1) is 12.6. The largest absolute Gasteiger partial charge is 0.273 e. The molecule has 0 fully saturated rings. The molecule has 1 rings (SSSR count). The van der Waals surface area contributed by atoms with Crippen molar-refractivity contribution in [3.8, 4) is 11.8 Å². The normalized spacial score (nSPS) is 8.82. The summed E-state index contributed by atoms with van der Waals surface area (Å²) in [6, 6.07) is 3.16. The van der Waals surface area contributed by atoms with Gasteiger partial charge in [-0.1, -0.05) is 17.0 Å². The average molecular weight is 230 g/mol. The van der Waals surface area contributed by atoms with Gasteiger partial charge in [-0.15, -0.1) is 0 Å². The number of aryl methyl sites for hydroxylation is 2. The molecule has 0 bridgehead atoms. The standard InChI is InChI=1S/C11H10N4O2/c1-8-6-9(2)11(15(16)17)7-10(8)4-3-5-13-14-12/h6-7H,5H2,1-2H3. The first-order valence-electron chi connectivity index (χ1n) is 4.81. The molecule has 0 saturated heterocycles. The van der Waals surface area contributed by atoms with E-state index in [4.69, 9.17) is 5.53 Å². The van der Waals surface area contributed by atoms with E-state index in [0.717, 1.165) is 5.56 Å². The predicted molar refractivity (Wildman–Crippen MR) is 63.5 cm³/mol. The maximum absolute atomic E-state index is 10.8. The number of nitrogens with zero attached hydrogens (tertiary/aromatic N) is 4. The van der Waals surface area contributed by atoms with Crippen molar-refractivity contribution in [3.63, 3.8) is 0 Å². The molecule has 0 aliphatic heterocycles. The highest BCUT2D eigenvalue weighted by molar-refractivity contribution is 5.52. The fraction of sp³-hybridized carbons (Fsp3) is 0.273. The molecule has 6 nitrogen and oxygen atoms in total. The van der Waals surface area contributed by atoms with Gasteiger partial charge in [0.2, 0.25) is 0 Å². The average Bonchev–Trinajstić information content (AvgIpc) is 2.26. The van der Waals surface area contributed by atoms with Crippen molar-refractivity contribution < 1.29 is 4.92 Å². The van der Waals surface area contributed by atoms with E-state index < -0.39 is 4.92 Å². The van der Waals surface area contributed by atoms with Crippen LogP contribution >= 0.6 is 0 Å². The Balaban J connectivity index is 3.14. The number of azide groups is 1. The van der Waals surface area contributed by atoms with Crippen molar-refractivity contribution in [3.05, 3.63) is 49.4 Å². The predicted octanol–water partition coefficient (Wildman–Crippen LogP) is 2.87. The van der Waals surface area contributed by atoms with Crippen LogP contribution in [0.1, 0.15) is 16.7 Å². The minimum Gasteiger partial charge on any atom is -0.258 e. The van der Waals surface area contributed by atoms with Crippen LogP contribution in [0.2, 0.25) is 0 Å². The van der Waals surface area contributed by atoms with Gasteiger partial charge >= 0.3 is 0 Å². The van der Waals surface area contributed by atoms with Crippen molar-refractivity contribution in [2.24, 2.45) is 5.11 Å². The van der Waals surface area contributed by atoms with Gasteiger partial charge in [0.15, 0.2) is 0 Å². The second kappa shape index (κ2) is 5.54. The summed E-state index contributed by atoms with van der Waals surface area (Å²) in [7, 11) is 0. The van der Waals surface area contributed by atoms with Crippen molar-refractivity contribution in [1.82, 2.24) is 0 Å². The lowest BCUT2D eigenvalue weighted by Gasteiger charge is -2.01. The fourth-order valence-electron chi connectivity index (χ4n) is 1.37. The Kier molecular flexibility index (Phi) is 4.09. The molecule has 0 aliphatic carbocycles. The molecule has 0 saturated carbocycles. The van der Waals surface area contributed by atoms with E-state index in [0.29, 0.717) is 11.1 Å². The van der Waals surface area contributed by atoms with Gasteiger partial charge in [0.05, 0.1) is 11.5 Å². The number of hydrogen-bond donors (Lipinski definition) is 0. The lowest BCUT2D eigenvalue weighted by atomic mass is 10.0. The summed E-state index contributed by atoms with van der Waals surface area (Å²) >= 11 is 0. The third-order valence-electron chi connectivity index (χ3n) is 2.18. The monoisotopic (exact) mass is 230 g/mol. The van der Waals surface area contributed by atoms with Crippen LogP contribution in [0.15, 0.2) is 17.2 Å². The third kappa shape index (κ3) is 3.23. The van der Waals surface area contributed by atoms with Crippen molar-refractivity contribution in [1.29, 1.82) is 0 Å². The zero-order chi connectivity index (χ0) is 12.8. The molecule has 17 heavy (non-hydrogen) atoms. The number of hydrogen-bond acceptors (Lipinski definition) is 3. The van der Waals surface area contributed by atoms with E-state index >= 15 is 0 Å². The molecular formula is C11H10N4O2. The Hall–Kier alpha value is -2.51. The van der Waals surface area contributed by atoms with Crippen LogP contribution in [0.4, 0.5) is 5.69 Å². The van der Waals surface area contributed by atoms with Crippen LogP contribution in [-0.4, -0.2) is 11.5 Å². The minimum atomic E-state index is -0.437. The Bertz CT molecular complexity index is 563. The first-order valence-corrected chi connectivity index (χ1v) is 4.81. The van der Waals surface area contributed by atoms with Crippen LogP contribution in [-0.2, 0) is 0 Å². The van der Waals surface area contributed by atoms with E-state index in [1.807, 2.05) is 6.92 Å². The summed E-state index contributed by atoms with van der Waals surface area (Å²) in [5.41, 5.74) is 10.2. The van der Waals surface area contributed by atoms with E-state index in [1.54, 1.807) is 13.0 Å². The summed E-state index contributed by atoms with van der Waals surface area (Å²) in [6.07, 6.45) is 0. The smallest absolute Gasteiger partial charge is 0.258 e.